The van der Waals surface area contributed by atoms with Crippen molar-refractivity contribution in [2.75, 3.05) is 6.54 Å². The van der Waals surface area contributed by atoms with Crippen molar-refractivity contribution in [3.05, 3.63) is 47.0 Å². The summed E-state index contributed by atoms with van der Waals surface area (Å²) in [5, 5.41) is 4.76. The molecule has 0 unspecified atom stereocenters. The zero-order valence-corrected chi connectivity index (χ0v) is 16.1. The maximum absolute atomic E-state index is 13.4. The molecule has 1 aromatic carbocycles. The maximum Gasteiger partial charge on any atom is 0.274 e. The number of halogens is 1. The first-order valence-corrected chi connectivity index (χ1v) is 10.4. The van der Waals surface area contributed by atoms with Crippen LogP contribution in [-0.4, -0.2) is 33.2 Å². The lowest BCUT2D eigenvalue weighted by Gasteiger charge is -2.33. The van der Waals surface area contributed by atoms with Gasteiger partial charge in [0.2, 0.25) is 0 Å². The SMILES string of the molecule is CCN(C(=O)c1nn(-c2ccc(F)cc2)c2c1CCCC2)C1CCCCC1. The number of carbonyl (C=O) groups excluding carboxylic acids is 1. The van der Waals surface area contributed by atoms with Crippen LogP contribution in [0.2, 0.25) is 0 Å². The lowest BCUT2D eigenvalue weighted by Crippen LogP contribution is -2.41. The Balaban J connectivity index is 1.71. The van der Waals surface area contributed by atoms with E-state index < -0.39 is 0 Å². The number of nitrogens with zero attached hydrogens (tertiary/aromatic N) is 3. The Kier molecular flexibility index (Phi) is 5.28. The van der Waals surface area contributed by atoms with Gasteiger partial charge in [0.05, 0.1) is 5.69 Å². The van der Waals surface area contributed by atoms with Gasteiger partial charge in [-0.3, -0.25) is 4.79 Å². The molecule has 1 aromatic heterocycles. The van der Waals surface area contributed by atoms with E-state index in [0.717, 1.165) is 62.0 Å². The van der Waals surface area contributed by atoms with Gasteiger partial charge in [-0.05, 0) is 69.7 Å². The van der Waals surface area contributed by atoms with Crippen molar-refractivity contribution >= 4 is 5.91 Å². The third-order valence-corrected chi connectivity index (χ3v) is 6.07. The van der Waals surface area contributed by atoms with Crippen LogP contribution in [0, 0.1) is 5.82 Å². The lowest BCUT2D eigenvalue weighted by atomic mass is 9.92. The van der Waals surface area contributed by atoms with E-state index in [9.17, 15) is 9.18 Å². The molecule has 1 heterocycles. The summed E-state index contributed by atoms with van der Waals surface area (Å²) in [6.07, 6.45) is 9.90. The first kappa shape index (κ1) is 18.2. The van der Waals surface area contributed by atoms with Crippen molar-refractivity contribution < 1.29 is 9.18 Å². The van der Waals surface area contributed by atoms with E-state index in [1.165, 1.54) is 31.4 Å². The van der Waals surface area contributed by atoms with Crippen LogP contribution in [-0.2, 0) is 12.8 Å². The maximum atomic E-state index is 13.4. The van der Waals surface area contributed by atoms with E-state index in [2.05, 4.69) is 6.92 Å². The zero-order chi connectivity index (χ0) is 18.8. The van der Waals surface area contributed by atoms with Gasteiger partial charge in [0.15, 0.2) is 5.69 Å². The summed E-state index contributed by atoms with van der Waals surface area (Å²) in [7, 11) is 0. The number of fused-ring (bicyclic) bond motifs is 1. The van der Waals surface area contributed by atoms with Crippen molar-refractivity contribution in [1.29, 1.82) is 0 Å². The Hall–Kier alpha value is -2.17. The molecule has 4 rings (SSSR count). The molecule has 0 saturated heterocycles. The molecule has 1 amide bonds. The molecule has 0 spiro atoms. The Bertz CT molecular complexity index is 806. The second-order valence-electron chi connectivity index (χ2n) is 7.75. The summed E-state index contributed by atoms with van der Waals surface area (Å²) in [5.41, 5.74) is 3.66. The topological polar surface area (TPSA) is 38.1 Å². The average molecular weight is 369 g/mol. The second kappa shape index (κ2) is 7.83. The monoisotopic (exact) mass is 369 g/mol. The van der Waals surface area contributed by atoms with Crippen LogP contribution in [0.4, 0.5) is 4.39 Å². The average Bonchev–Trinajstić information content (AvgIpc) is 3.10. The van der Waals surface area contributed by atoms with Gasteiger partial charge >= 0.3 is 0 Å². The van der Waals surface area contributed by atoms with Crippen molar-refractivity contribution in [3.63, 3.8) is 0 Å². The fraction of sp³-hybridized carbons (Fsp3) is 0.545. The van der Waals surface area contributed by atoms with Crippen LogP contribution in [0.1, 0.15) is 73.6 Å². The highest BCUT2D eigenvalue weighted by Gasteiger charge is 2.31. The number of hydrogen-bond donors (Lipinski definition) is 0. The molecule has 2 aromatic rings. The molecule has 5 heteroatoms. The highest BCUT2D eigenvalue weighted by Crippen LogP contribution is 2.30. The molecule has 0 N–H and O–H groups in total. The predicted molar refractivity (Wildman–Crippen MR) is 104 cm³/mol. The van der Waals surface area contributed by atoms with Crippen molar-refractivity contribution in [2.24, 2.45) is 0 Å². The molecule has 2 aliphatic rings. The number of carbonyl (C=O) groups is 1. The van der Waals surface area contributed by atoms with Gasteiger partial charge in [0.25, 0.3) is 5.91 Å². The van der Waals surface area contributed by atoms with E-state index in [4.69, 9.17) is 5.10 Å². The van der Waals surface area contributed by atoms with Crippen LogP contribution in [0.5, 0.6) is 0 Å². The lowest BCUT2D eigenvalue weighted by molar-refractivity contribution is 0.0640. The minimum absolute atomic E-state index is 0.0726. The molecular formula is C22H28FN3O. The number of amides is 1. The molecule has 2 aliphatic carbocycles. The minimum Gasteiger partial charge on any atom is -0.335 e. The van der Waals surface area contributed by atoms with Gasteiger partial charge in [-0.25, -0.2) is 9.07 Å². The molecule has 0 atom stereocenters. The van der Waals surface area contributed by atoms with Crippen molar-refractivity contribution in [2.45, 2.75) is 70.8 Å². The van der Waals surface area contributed by atoms with E-state index in [1.54, 1.807) is 12.1 Å². The number of rotatable bonds is 4. The summed E-state index contributed by atoms with van der Waals surface area (Å²) < 4.78 is 15.2. The quantitative estimate of drug-likeness (QED) is 0.784. The molecule has 144 valence electrons. The van der Waals surface area contributed by atoms with E-state index >= 15 is 0 Å². The zero-order valence-electron chi connectivity index (χ0n) is 16.1. The van der Waals surface area contributed by atoms with Crippen LogP contribution in [0.25, 0.3) is 5.69 Å². The summed E-state index contributed by atoms with van der Waals surface area (Å²) in [4.78, 5) is 15.5. The van der Waals surface area contributed by atoms with Crippen LogP contribution >= 0.6 is 0 Å². The van der Waals surface area contributed by atoms with Crippen LogP contribution in [0.15, 0.2) is 24.3 Å². The summed E-state index contributed by atoms with van der Waals surface area (Å²) in [6, 6.07) is 6.72. The Morgan fingerprint density at radius 1 is 1.11 bits per heavy atom. The Morgan fingerprint density at radius 3 is 2.52 bits per heavy atom. The molecule has 1 saturated carbocycles. The molecule has 0 bridgehead atoms. The predicted octanol–water partition coefficient (Wildman–Crippen LogP) is 4.69. The van der Waals surface area contributed by atoms with Gasteiger partial charge in [0, 0.05) is 23.8 Å². The van der Waals surface area contributed by atoms with Crippen molar-refractivity contribution in [1.82, 2.24) is 14.7 Å². The van der Waals surface area contributed by atoms with Gasteiger partial charge in [-0.15, -0.1) is 0 Å². The van der Waals surface area contributed by atoms with Crippen LogP contribution in [0.3, 0.4) is 0 Å². The largest absolute Gasteiger partial charge is 0.335 e. The Morgan fingerprint density at radius 2 is 1.81 bits per heavy atom. The number of benzene rings is 1. The van der Waals surface area contributed by atoms with Gasteiger partial charge in [0.1, 0.15) is 5.82 Å². The summed E-state index contributed by atoms with van der Waals surface area (Å²) >= 11 is 0. The summed E-state index contributed by atoms with van der Waals surface area (Å²) in [5.74, 6) is -0.186. The van der Waals surface area contributed by atoms with Gasteiger partial charge < -0.3 is 4.90 Å². The first-order valence-electron chi connectivity index (χ1n) is 10.4. The van der Waals surface area contributed by atoms with Gasteiger partial charge in [-0.2, -0.15) is 5.10 Å². The minimum atomic E-state index is -0.259. The fourth-order valence-corrected chi connectivity index (χ4v) is 4.66. The molecule has 0 radical (unpaired) electrons. The molecule has 27 heavy (non-hydrogen) atoms. The molecule has 1 fully saturated rings. The van der Waals surface area contributed by atoms with E-state index in [-0.39, 0.29) is 11.7 Å². The summed E-state index contributed by atoms with van der Waals surface area (Å²) in [6.45, 7) is 2.79. The van der Waals surface area contributed by atoms with E-state index in [1.807, 2.05) is 9.58 Å². The number of aromatic nitrogens is 2. The standard InChI is InChI=1S/C22H28FN3O/c1-2-25(17-8-4-3-5-9-17)22(27)21-19-10-6-7-11-20(19)26(24-21)18-14-12-16(23)13-15-18/h12-15,17H,2-11H2,1H3. The molecular weight excluding hydrogens is 341 g/mol. The molecule has 4 nitrogen and oxygen atoms in total. The number of hydrogen-bond acceptors (Lipinski definition) is 2. The second-order valence-corrected chi connectivity index (χ2v) is 7.75. The highest BCUT2D eigenvalue weighted by molar-refractivity contribution is 5.94. The van der Waals surface area contributed by atoms with Crippen LogP contribution < -0.4 is 0 Å². The molecule has 0 aliphatic heterocycles. The van der Waals surface area contributed by atoms with Crippen molar-refractivity contribution in [3.8, 4) is 5.69 Å². The van der Waals surface area contributed by atoms with Gasteiger partial charge in [-0.1, -0.05) is 19.3 Å². The Labute approximate surface area is 160 Å². The first-order chi connectivity index (χ1) is 13.2. The smallest absolute Gasteiger partial charge is 0.274 e. The highest BCUT2D eigenvalue weighted by atomic mass is 19.1. The fourth-order valence-electron chi connectivity index (χ4n) is 4.66. The normalized spacial score (nSPS) is 17.6. The third-order valence-electron chi connectivity index (χ3n) is 6.07. The van der Waals surface area contributed by atoms with E-state index in [0.29, 0.717) is 11.7 Å². The third kappa shape index (κ3) is 3.52.